The van der Waals surface area contributed by atoms with Gasteiger partial charge in [-0.2, -0.15) is 0 Å². The molecule has 7 nitrogen and oxygen atoms in total. The molecule has 2 N–H and O–H groups in total. The maximum atomic E-state index is 13.0. The van der Waals surface area contributed by atoms with Crippen LogP contribution in [0.1, 0.15) is 73.7 Å². The Morgan fingerprint density at radius 1 is 1.12 bits per heavy atom. The number of carbonyl (C=O) groups is 2. The van der Waals surface area contributed by atoms with Crippen LogP contribution < -0.4 is 15.4 Å². The van der Waals surface area contributed by atoms with E-state index in [4.69, 9.17) is 9.47 Å². The van der Waals surface area contributed by atoms with Crippen molar-refractivity contribution in [3.05, 3.63) is 41.6 Å². The van der Waals surface area contributed by atoms with Gasteiger partial charge in [-0.15, -0.1) is 0 Å². The number of nitrogens with one attached hydrogen (secondary N) is 2. The van der Waals surface area contributed by atoms with Crippen LogP contribution in [0.4, 0.5) is 0 Å². The summed E-state index contributed by atoms with van der Waals surface area (Å²) in [4.78, 5) is 27.1. The predicted molar refractivity (Wildman–Crippen MR) is 129 cm³/mol. The first-order chi connectivity index (χ1) is 16.5. The highest BCUT2D eigenvalue weighted by molar-refractivity contribution is 6.01. The molecular weight excluding hydrogens is 430 g/mol. The van der Waals surface area contributed by atoms with Crippen molar-refractivity contribution in [3.63, 3.8) is 0 Å². The molecule has 3 fully saturated rings. The number of benzene rings is 1. The van der Waals surface area contributed by atoms with E-state index < -0.39 is 6.04 Å². The Hall–Kier alpha value is -2.38. The van der Waals surface area contributed by atoms with E-state index in [9.17, 15) is 9.59 Å². The van der Waals surface area contributed by atoms with Crippen LogP contribution >= 0.6 is 0 Å². The molecule has 5 rings (SSSR count). The van der Waals surface area contributed by atoms with E-state index in [1.54, 1.807) is 4.90 Å². The third kappa shape index (κ3) is 4.86. The van der Waals surface area contributed by atoms with E-state index in [2.05, 4.69) is 17.2 Å². The van der Waals surface area contributed by atoms with Gasteiger partial charge in [0, 0.05) is 31.0 Å². The van der Waals surface area contributed by atoms with Gasteiger partial charge in [-0.05, 0) is 94.0 Å². The van der Waals surface area contributed by atoms with Crippen LogP contribution in [0.25, 0.3) is 0 Å². The summed E-state index contributed by atoms with van der Waals surface area (Å²) in [5.41, 5.74) is 2.35. The quantitative estimate of drug-likeness (QED) is 0.641. The van der Waals surface area contributed by atoms with Gasteiger partial charge in [0.05, 0.1) is 6.10 Å². The molecule has 0 spiro atoms. The van der Waals surface area contributed by atoms with Crippen molar-refractivity contribution in [2.75, 3.05) is 13.7 Å². The van der Waals surface area contributed by atoms with Gasteiger partial charge in [-0.25, -0.2) is 0 Å². The summed E-state index contributed by atoms with van der Waals surface area (Å²) < 4.78 is 11.9. The van der Waals surface area contributed by atoms with Crippen LogP contribution in [0.15, 0.2) is 30.5 Å². The number of fused-ring (bicyclic) bond motifs is 1. The molecule has 4 aliphatic rings. The van der Waals surface area contributed by atoms with Gasteiger partial charge in [-0.3, -0.25) is 9.59 Å². The normalized spacial score (nSPS) is 31.5. The average Bonchev–Trinajstić information content (AvgIpc) is 3.41. The zero-order chi connectivity index (χ0) is 23.7. The van der Waals surface area contributed by atoms with Crippen LogP contribution in [0, 0.1) is 5.92 Å². The van der Waals surface area contributed by atoms with E-state index in [1.807, 2.05) is 25.3 Å². The molecule has 2 aliphatic heterocycles. The molecule has 0 radical (unpaired) electrons. The topological polar surface area (TPSA) is 79.9 Å². The molecule has 2 saturated carbocycles. The molecule has 2 aliphatic carbocycles. The molecule has 1 unspecified atom stereocenters. The molecule has 1 saturated heterocycles. The summed E-state index contributed by atoms with van der Waals surface area (Å²) in [5, 5.41) is 6.59. The predicted octanol–water partition coefficient (Wildman–Crippen LogP) is 3.53. The minimum absolute atomic E-state index is 0.0715. The number of hydrogen-bond donors (Lipinski definition) is 2. The van der Waals surface area contributed by atoms with Crippen molar-refractivity contribution >= 4 is 11.8 Å². The maximum Gasteiger partial charge on any atom is 0.255 e. The summed E-state index contributed by atoms with van der Waals surface area (Å²) >= 11 is 0. The van der Waals surface area contributed by atoms with Crippen molar-refractivity contribution in [2.45, 2.75) is 88.6 Å². The zero-order valence-electron chi connectivity index (χ0n) is 20.2. The largest absolute Gasteiger partial charge is 0.489 e. The van der Waals surface area contributed by atoms with Crippen LogP contribution in [-0.2, 0) is 16.1 Å². The zero-order valence-corrected chi connectivity index (χ0v) is 20.2. The highest BCUT2D eigenvalue weighted by Crippen LogP contribution is 2.33. The number of allylic oxidation sites excluding steroid dienone is 1. The lowest BCUT2D eigenvalue weighted by Gasteiger charge is -2.30. The van der Waals surface area contributed by atoms with Gasteiger partial charge in [-0.1, -0.05) is 6.58 Å². The number of nitrogens with zero attached hydrogens (tertiary/aromatic N) is 1. The second-order valence-electron chi connectivity index (χ2n) is 10.4. The smallest absolute Gasteiger partial charge is 0.255 e. The van der Waals surface area contributed by atoms with E-state index >= 15 is 0 Å². The fourth-order valence-corrected chi connectivity index (χ4v) is 6.07. The third-order valence-electron chi connectivity index (χ3n) is 8.14. The molecule has 0 aromatic heterocycles. The second-order valence-corrected chi connectivity index (χ2v) is 10.4. The SMILES string of the molecule is C=C1CCC(N2Cc3cc(O[C@H]4CCC[C@@H]4NCC4CCC(OC)CC4)ccc3C2=O)C(=O)N1. The van der Waals surface area contributed by atoms with E-state index in [0.717, 1.165) is 61.6 Å². The number of carbonyl (C=O) groups excluding carboxylic acids is 2. The second kappa shape index (κ2) is 10.1. The average molecular weight is 468 g/mol. The van der Waals surface area contributed by atoms with Crippen LogP contribution in [0.3, 0.4) is 0 Å². The van der Waals surface area contributed by atoms with Gasteiger partial charge in [0.25, 0.3) is 5.91 Å². The first-order valence-corrected chi connectivity index (χ1v) is 12.9. The van der Waals surface area contributed by atoms with Crippen molar-refractivity contribution in [1.29, 1.82) is 0 Å². The number of amides is 2. The van der Waals surface area contributed by atoms with Crippen molar-refractivity contribution in [3.8, 4) is 5.75 Å². The maximum absolute atomic E-state index is 13.0. The monoisotopic (exact) mass is 467 g/mol. The number of hydrogen-bond acceptors (Lipinski definition) is 5. The third-order valence-corrected chi connectivity index (χ3v) is 8.14. The summed E-state index contributed by atoms with van der Waals surface area (Å²) in [6, 6.07) is 5.69. The molecule has 7 heteroatoms. The fourth-order valence-electron chi connectivity index (χ4n) is 6.07. The Balaban J connectivity index is 1.17. The molecule has 184 valence electrons. The lowest BCUT2D eigenvalue weighted by molar-refractivity contribution is -0.126. The Labute approximate surface area is 202 Å². The lowest BCUT2D eigenvalue weighted by atomic mass is 9.87. The highest BCUT2D eigenvalue weighted by Gasteiger charge is 2.38. The molecule has 0 bridgehead atoms. The standard InChI is InChI=1S/C27H37N3O4/c1-17-6-13-24(26(31)29-17)30-16-19-14-21(11-12-22(19)27(30)32)34-25-5-3-4-23(25)28-15-18-7-9-20(33-2)10-8-18/h11-12,14,18,20,23-25,28H,1,3-10,13,15-16H2,2H3,(H,29,31)/t18?,20?,23-,24?,25-/m0/s1. The Morgan fingerprint density at radius 2 is 1.94 bits per heavy atom. The Bertz CT molecular complexity index is 940. The van der Waals surface area contributed by atoms with Gasteiger partial charge in [0.2, 0.25) is 5.91 Å². The summed E-state index contributed by atoms with van der Waals surface area (Å²) in [6.07, 6.45) is 10.0. The summed E-state index contributed by atoms with van der Waals surface area (Å²) in [5.74, 6) is 1.33. The molecule has 1 aromatic rings. The Kier molecular flexibility index (Phi) is 6.93. The fraction of sp³-hybridized carbons (Fsp3) is 0.630. The van der Waals surface area contributed by atoms with Gasteiger partial charge in [0.1, 0.15) is 17.9 Å². The summed E-state index contributed by atoms with van der Waals surface area (Å²) in [7, 11) is 1.82. The van der Waals surface area contributed by atoms with E-state index in [-0.39, 0.29) is 17.9 Å². The molecular formula is C27H37N3O4. The summed E-state index contributed by atoms with van der Waals surface area (Å²) in [6.45, 7) is 5.33. The number of methoxy groups -OCH3 is 1. The lowest BCUT2D eigenvalue weighted by Crippen LogP contribution is -2.49. The number of ether oxygens (including phenoxy) is 2. The molecule has 2 amide bonds. The van der Waals surface area contributed by atoms with Gasteiger partial charge < -0.3 is 25.0 Å². The van der Waals surface area contributed by atoms with Crippen molar-refractivity contribution in [2.24, 2.45) is 5.92 Å². The van der Waals surface area contributed by atoms with E-state index in [0.29, 0.717) is 37.1 Å². The van der Waals surface area contributed by atoms with Gasteiger partial charge in [0.15, 0.2) is 0 Å². The molecule has 1 aromatic carbocycles. The number of rotatable bonds is 7. The molecule has 3 atom stereocenters. The first-order valence-electron chi connectivity index (χ1n) is 12.9. The Morgan fingerprint density at radius 3 is 2.71 bits per heavy atom. The molecule has 2 heterocycles. The minimum atomic E-state index is -0.433. The molecule has 34 heavy (non-hydrogen) atoms. The first kappa shape index (κ1) is 23.4. The van der Waals surface area contributed by atoms with Crippen LogP contribution in [0.2, 0.25) is 0 Å². The number of piperidine rings is 1. The van der Waals surface area contributed by atoms with Crippen LogP contribution in [-0.4, -0.2) is 54.7 Å². The van der Waals surface area contributed by atoms with Gasteiger partial charge >= 0.3 is 0 Å². The van der Waals surface area contributed by atoms with E-state index in [1.165, 1.54) is 12.8 Å². The van der Waals surface area contributed by atoms with Crippen molar-refractivity contribution < 1.29 is 19.1 Å². The van der Waals surface area contributed by atoms with Crippen LogP contribution in [0.5, 0.6) is 5.75 Å². The highest BCUT2D eigenvalue weighted by atomic mass is 16.5. The minimum Gasteiger partial charge on any atom is -0.489 e. The van der Waals surface area contributed by atoms with Crippen molar-refractivity contribution in [1.82, 2.24) is 15.5 Å².